The molecule has 0 aromatic heterocycles. The number of likely N-dealkylation sites (tertiary alicyclic amines) is 2. The van der Waals surface area contributed by atoms with Crippen LogP contribution in [0.25, 0.3) is 0 Å². The van der Waals surface area contributed by atoms with Gasteiger partial charge in [-0.05, 0) is 62.1 Å². The molecule has 2 heterocycles. The maximum Gasteiger partial charge on any atom is 0.269 e. The summed E-state index contributed by atoms with van der Waals surface area (Å²) >= 11 is 0. The van der Waals surface area contributed by atoms with Gasteiger partial charge in [0.15, 0.2) is 0 Å². The summed E-state index contributed by atoms with van der Waals surface area (Å²) in [5, 5.41) is 35.3. The number of hydrogen-bond donors (Lipinski definition) is 4. The van der Waals surface area contributed by atoms with Gasteiger partial charge >= 0.3 is 0 Å². The van der Waals surface area contributed by atoms with Crippen LogP contribution in [0, 0.1) is 10.1 Å². The van der Waals surface area contributed by atoms with Crippen molar-refractivity contribution in [3.8, 4) is 11.5 Å². The molecule has 5 N–H and O–H groups in total. The lowest BCUT2D eigenvalue weighted by molar-refractivity contribution is -0.384. The summed E-state index contributed by atoms with van der Waals surface area (Å²) in [4.78, 5) is 14.6. The smallest absolute Gasteiger partial charge is 0.269 e. The predicted octanol–water partition coefficient (Wildman–Crippen LogP) is 2.14. The fraction of sp³-hybridized carbons (Fsp3) is 0.556. The number of anilines is 1. The summed E-state index contributed by atoms with van der Waals surface area (Å²) in [6, 6.07) is 13.7. The highest BCUT2D eigenvalue weighted by Crippen LogP contribution is 2.22. The quantitative estimate of drug-likeness (QED) is 0.214. The second-order valence-corrected chi connectivity index (χ2v) is 9.08. The number of non-ortho nitro benzene ring substituents is 1. The number of benzene rings is 2. The van der Waals surface area contributed by atoms with Crippen molar-refractivity contribution in [1.82, 2.24) is 9.80 Å². The minimum atomic E-state index is -0.419. The van der Waals surface area contributed by atoms with E-state index in [1.807, 2.05) is 24.3 Å². The molecule has 2 aliphatic heterocycles. The van der Waals surface area contributed by atoms with Crippen LogP contribution in [0.4, 0.5) is 11.4 Å². The molecule has 0 bridgehead atoms. The number of nitro groups is 1. The lowest BCUT2D eigenvalue weighted by atomic mass is 10.1. The average Bonchev–Trinajstić information content (AvgIpc) is 2.94. The minimum Gasteiger partial charge on any atom is -0.490 e. The Bertz CT molecular complexity index is 899. The topological polar surface area (TPSA) is 155 Å². The van der Waals surface area contributed by atoms with Crippen molar-refractivity contribution >= 4 is 11.4 Å². The highest BCUT2D eigenvalue weighted by atomic mass is 16.6. The molecule has 11 heteroatoms. The number of nitrogen functional groups attached to an aromatic ring is 1. The lowest BCUT2D eigenvalue weighted by Gasteiger charge is -2.31. The van der Waals surface area contributed by atoms with Crippen molar-refractivity contribution in [2.45, 2.75) is 37.9 Å². The number of piperidine rings is 2. The van der Waals surface area contributed by atoms with Crippen LogP contribution in [0.3, 0.4) is 0 Å². The van der Waals surface area contributed by atoms with E-state index in [0.29, 0.717) is 12.3 Å². The molecule has 2 aliphatic rings. The normalized spacial score (nSPS) is 16.9. The van der Waals surface area contributed by atoms with Gasteiger partial charge in [-0.15, -0.1) is 0 Å². The summed E-state index contributed by atoms with van der Waals surface area (Å²) in [5.41, 5.74) is 6.46. The highest BCUT2D eigenvalue weighted by molar-refractivity contribution is 5.41. The fourth-order valence-corrected chi connectivity index (χ4v) is 4.36. The SMILES string of the molecule is CO.Nc1ccc(OC2CCN(CCO)CC2)cc1.O=[N+]([O-])c1ccc(OC2CCN(CCO)CC2)cc1. The minimum absolute atomic E-state index is 0.0742. The summed E-state index contributed by atoms with van der Waals surface area (Å²) in [6.45, 7) is 5.74. The van der Waals surface area contributed by atoms with Crippen molar-refractivity contribution < 1.29 is 29.7 Å². The van der Waals surface area contributed by atoms with Crippen molar-refractivity contribution in [2.75, 3.05) is 65.3 Å². The Balaban J connectivity index is 0.000000252. The number of β-amino-alcohol motifs (C(OH)–C–C–N with tert-alkyl or cyclic N) is 2. The van der Waals surface area contributed by atoms with Crippen molar-refractivity contribution in [1.29, 1.82) is 0 Å². The molecular weight excluding hydrogens is 492 g/mol. The first-order valence-corrected chi connectivity index (χ1v) is 13.0. The molecule has 0 unspecified atom stereocenters. The van der Waals surface area contributed by atoms with Gasteiger partial charge < -0.3 is 40.3 Å². The van der Waals surface area contributed by atoms with E-state index < -0.39 is 4.92 Å². The third kappa shape index (κ3) is 11.2. The van der Waals surface area contributed by atoms with E-state index in [1.54, 1.807) is 12.1 Å². The first-order valence-electron chi connectivity index (χ1n) is 13.0. The number of nitrogens with two attached hydrogens (primary N) is 1. The van der Waals surface area contributed by atoms with E-state index in [9.17, 15) is 10.1 Å². The summed E-state index contributed by atoms with van der Waals surface area (Å²) < 4.78 is 11.7. The highest BCUT2D eigenvalue weighted by Gasteiger charge is 2.21. The van der Waals surface area contributed by atoms with Crippen LogP contribution in [0.5, 0.6) is 11.5 Å². The zero-order chi connectivity index (χ0) is 27.8. The molecule has 212 valence electrons. The van der Waals surface area contributed by atoms with Crippen LogP contribution in [0.2, 0.25) is 0 Å². The summed E-state index contributed by atoms with van der Waals surface area (Å²) in [7, 11) is 1.00. The Morgan fingerprint density at radius 1 is 0.789 bits per heavy atom. The first kappa shape index (κ1) is 31.3. The number of aliphatic hydroxyl groups excluding tert-OH is 3. The molecule has 2 aromatic rings. The van der Waals surface area contributed by atoms with Crippen LogP contribution >= 0.6 is 0 Å². The van der Waals surface area contributed by atoms with Crippen LogP contribution in [0.15, 0.2) is 48.5 Å². The van der Waals surface area contributed by atoms with E-state index in [0.717, 1.165) is 77.0 Å². The number of rotatable bonds is 9. The maximum absolute atomic E-state index is 10.5. The Labute approximate surface area is 224 Å². The molecule has 0 radical (unpaired) electrons. The van der Waals surface area contributed by atoms with Gasteiger partial charge in [-0.3, -0.25) is 10.1 Å². The van der Waals surface area contributed by atoms with E-state index in [-0.39, 0.29) is 31.1 Å². The van der Waals surface area contributed by atoms with E-state index >= 15 is 0 Å². The van der Waals surface area contributed by atoms with Crippen LogP contribution in [0.1, 0.15) is 25.7 Å². The van der Waals surface area contributed by atoms with Crippen LogP contribution < -0.4 is 15.2 Å². The summed E-state index contributed by atoms with van der Waals surface area (Å²) in [5.74, 6) is 1.56. The standard InChI is InChI=1S/C13H18N2O4.C13H20N2O2.CH4O/c16-10-9-14-7-5-13(6-8-14)19-12-3-1-11(2-4-12)15(17)18;14-11-1-3-12(4-2-11)17-13-5-7-15(8-6-13)9-10-16;1-2/h1-4,13,16H,5-10H2;1-4,13,16H,5-10,14H2;2H,1H3. The van der Waals surface area contributed by atoms with E-state index in [4.69, 9.17) is 30.5 Å². The Hall–Kier alpha value is -2.96. The van der Waals surface area contributed by atoms with Gasteiger partial charge in [0, 0.05) is 64.2 Å². The molecule has 0 amide bonds. The Kier molecular flexibility index (Phi) is 14.4. The van der Waals surface area contributed by atoms with Crippen LogP contribution in [-0.4, -0.2) is 102 Å². The number of aliphatic hydroxyl groups is 3. The lowest BCUT2D eigenvalue weighted by Crippen LogP contribution is -2.39. The number of nitro benzene ring substituents is 1. The average molecular weight is 535 g/mol. The van der Waals surface area contributed by atoms with Gasteiger partial charge in [0.25, 0.3) is 5.69 Å². The number of nitrogens with zero attached hydrogens (tertiary/aromatic N) is 3. The Morgan fingerprint density at radius 3 is 1.50 bits per heavy atom. The third-order valence-corrected chi connectivity index (χ3v) is 6.43. The number of hydrogen-bond acceptors (Lipinski definition) is 10. The van der Waals surface area contributed by atoms with Gasteiger partial charge in [-0.25, -0.2) is 0 Å². The van der Waals surface area contributed by atoms with E-state index in [2.05, 4.69) is 9.80 Å². The summed E-state index contributed by atoms with van der Waals surface area (Å²) in [6.07, 6.45) is 4.30. The maximum atomic E-state index is 10.5. The van der Waals surface area contributed by atoms with Crippen LogP contribution in [-0.2, 0) is 0 Å². The second kappa shape index (κ2) is 17.5. The van der Waals surface area contributed by atoms with Crippen molar-refractivity contribution in [3.05, 3.63) is 58.6 Å². The van der Waals surface area contributed by atoms with Crippen molar-refractivity contribution in [3.63, 3.8) is 0 Å². The fourth-order valence-electron chi connectivity index (χ4n) is 4.36. The molecule has 2 saturated heterocycles. The zero-order valence-corrected chi connectivity index (χ0v) is 22.2. The number of ether oxygens (including phenoxy) is 2. The molecular formula is C27H42N4O7. The molecule has 0 saturated carbocycles. The van der Waals surface area contributed by atoms with Gasteiger partial charge in [0.1, 0.15) is 23.7 Å². The van der Waals surface area contributed by atoms with Gasteiger partial charge in [0.2, 0.25) is 0 Å². The molecule has 11 nitrogen and oxygen atoms in total. The van der Waals surface area contributed by atoms with Gasteiger partial charge in [-0.1, -0.05) is 0 Å². The predicted molar refractivity (Wildman–Crippen MR) is 146 cm³/mol. The molecule has 0 aliphatic carbocycles. The molecule has 2 fully saturated rings. The zero-order valence-electron chi connectivity index (χ0n) is 22.2. The molecule has 2 aromatic carbocycles. The second-order valence-electron chi connectivity index (χ2n) is 9.08. The largest absolute Gasteiger partial charge is 0.490 e. The Morgan fingerprint density at radius 2 is 1.16 bits per heavy atom. The molecule has 0 atom stereocenters. The van der Waals surface area contributed by atoms with Crippen molar-refractivity contribution in [2.24, 2.45) is 0 Å². The van der Waals surface area contributed by atoms with Gasteiger partial charge in [0.05, 0.1) is 18.1 Å². The molecule has 38 heavy (non-hydrogen) atoms. The molecule has 0 spiro atoms. The first-order chi connectivity index (χ1) is 18.5. The molecule has 4 rings (SSSR count). The monoisotopic (exact) mass is 534 g/mol. The van der Waals surface area contributed by atoms with E-state index in [1.165, 1.54) is 12.1 Å². The third-order valence-electron chi connectivity index (χ3n) is 6.43. The van der Waals surface area contributed by atoms with Gasteiger partial charge in [-0.2, -0.15) is 0 Å².